The molecular formula is C14H20F3N3. The SMILES string of the molecule is CCCN(c1cc(C(F)(F)F)cc(NCC)n1)C1CC1. The van der Waals surface area contributed by atoms with Crippen molar-refractivity contribution < 1.29 is 13.2 Å². The quantitative estimate of drug-likeness (QED) is 0.859. The summed E-state index contributed by atoms with van der Waals surface area (Å²) < 4.78 is 38.9. The Labute approximate surface area is 117 Å². The summed E-state index contributed by atoms with van der Waals surface area (Å²) in [7, 11) is 0. The normalized spacial score (nSPS) is 15.2. The van der Waals surface area contributed by atoms with Gasteiger partial charge in [0.1, 0.15) is 11.6 Å². The molecule has 1 saturated carbocycles. The van der Waals surface area contributed by atoms with Crippen molar-refractivity contribution in [2.45, 2.75) is 45.3 Å². The number of hydrogen-bond donors (Lipinski definition) is 1. The van der Waals surface area contributed by atoms with E-state index in [9.17, 15) is 13.2 Å². The van der Waals surface area contributed by atoms with E-state index in [1.807, 2.05) is 18.7 Å². The fourth-order valence-corrected chi connectivity index (χ4v) is 2.21. The minimum absolute atomic E-state index is 0.291. The number of halogens is 3. The van der Waals surface area contributed by atoms with Gasteiger partial charge in [0.15, 0.2) is 0 Å². The number of anilines is 2. The van der Waals surface area contributed by atoms with Gasteiger partial charge >= 0.3 is 6.18 Å². The summed E-state index contributed by atoms with van der Waals surface area (Å²) in [5.41, 5.74) is -0.639. The average Bonchev–Trinajstić information content (AvgIpc) is 3.19. The van der Waals surface area contributed by atoms with Crippen molar-refractivity contribution in [2.24, 2.45) is 0 Å². The minimum Gasteiger partial charge on any atom is -0.370 e. The van der Waals surface area contributed by atoms with Crippen molar-refractivity contribution >= 4 is 11.6 Å². The Morgan fingerprint density at radius 3 is 2.50 bits per heavy atom. The molecule has 2 rings (SSSR count). The molecule has 1 aromatic heterocycles. The van der Waals surface area contributed by atoms with Crippen LogP contribution in [0.3, 0.4) is 0 Å². The molecule has 0 atom stereocenters. The number of pyridine rings is 1. The molecule has 1 aliphatic carbocycles. The summed E-state index contributed by atoms with van der Waals surface area (Å²) in [5, 5.41) is 2.88. The molecule has 0 bridgehead atoms. The van der Waals surface area contributed by atoms with Gasteiger partial charge in [-0.2, -0.15) is 13.2 Å². The molecule has 0 aromatic carbocycles. The van der Waals surface area contributed by atoms with Gasteiger partial charge in [-0.1, -0.05) is 6.92 Å². The number of hydrogen-bond acceptors (Lipinski definition) is 3. The molecule has 1 N–H and O–H groups in total. The largest absolute Gasteiger partial charge is 0.416 e. The number of alkyl halides is 3. The van der Waals surface area contributed by atoms with Gasteiger partial charge in [0, 0.05) is 19.1 Å². The Morgan fingerprint density at radius 2 is 2.00 bits per heavy atom. The van der Waals surface area contributed by atoms with Crippen LogP contribution in [0.1, 0.15) is 38.7 Å². The number of nitrogens with zero attached hydrogens (tertiary/aromatic N) is 2. The predicted molar refractivity (Wildman–Crippen MR) is 74.1 cm³/mol. The van der Waals surface area contributed by atoms with Crippen LogP contribution in [-0.4, -0.2) is 24.1 Å². The Morgan fingerprint density at radius 1 is 1.30 bits per heavy atom. The molecule has 0 aliphatic heterocycles. The lowest BCUT2D eigenvalue weighted by atomic mass is 10.2. The highest BCUT2D eigenvalue weighted by Crippen LogP contribution is 2.36. The first-order valence-corrected chi connectivity index (χ1v) is 7.05. The molecule has 0 spiro atoms. The Kier molecular flexibility index (Phi) is 4.40. The standard InChI is InChI=1S/C14H20F3N3/c1-3-7-20(11-5-6-11)13-9-10(14(15,16)17)8-12(19-13)18-4-2/h8-9,11H,3-7H2,1-2H3,(H,18,19). The van der Waals surface area contributed by atoms with Gasteiger partial charge in [0.05, 0.1) is 5.56 Å². The predicted octanol–water partition coefficient (Wildman–Crippen LogP) is 3.91. The van der Waals surface area contributed by atoms with Crippen LogP contribution in [-0.2, 0) is 6.18 Å². The fraction of sp³-hybridized carbons (Fsp3) is 0.643. The smallest absolute Gasteiger partial charge is 0.370 e. The van der Waals surface area contributed by atoms with Crippen molar-refractivity contribution in [1.82, 2.24) is 4.98 Å². The first kappa shape index (κ1) is 14.9. The summed E-state index contributed by atoms with van der Waals surface area (Å²) in [5.74, 6) is 0.721. The van der Waals surface area contributed by atoms with Crippen molar-refractivity contribution in [3.8, 4) is 0 Å². The third kappa shape index (κ3) is 3.55. The number of nitrogens with one attached hydrogen (secondary N) is 1. The van der Waals surface area contributed by atoms with E-state index in [0.717, 1.165) is 37.9 Å². The topological polar surface area (TPSA) is 28.2 Å². The molecule has 6 heteroatoms. The molecule has 0 amide bonds. The zero-order valence-corrected chi connectivity index (χ0v) is 11.8. The molecule has 3 nitrogen and oxygen atoms in total. The van der Waals surface area contributed by atoms with E-state index < -0.39 is 11.7 Å². The lowest BCUT2D eigenvalue weighted by Crippen LogP contribution is -2.28. The van der Waals surface area contributed by atoms with Crippen LogP contribution in [0, 0.1) is 0 Å². The molecule has 112 valence electrons. The molecule has 1 aromatic rings. The summed E-state index contributed by atoms with van der Waals surface area (Å²) in [6.45, 7) is 5.15. The lowest BCUT2D eigenvalue weighted by molar-refractivity contribution is -0.137. The van der Waals surface area contributed by atoms with Crippen LogP contribution in [0.2, 0.25) is 0 Å². The van der Waals surface area contributed by atoms with E-state index in [-0.39, 0.29) is 0 Å². The number of aromatic nitrogens is 1. The molecule has 20 heavy (non-hydrogen) atoms. The van der Waals surface area contributed by atoms with E-state index in [2.05, 4.69) is 10.3 Å². The Bertz CT molecular complexity index is 455. The van der Waals surface area contributed by atoms with E-state index in [1.165, 1.54) is 0 Å². The first-order valence-electron chi connectivity index (χ1n) is 7.05. The fourth-order valence-electron chi connectivity index (χ4n) is 2.21. The highest BCUT2D eigenvalue weighted by molar-refractivity contribution is 5.52. The van der Waals surface area contributed by atoms with Crippen LogP contribution in [0.15, 0.2) is 12.1 Å². The monoisotopic (exact) mass is 287 g/mol. The minimum atomic E-state index is -4.34. The van der Waals surface area contributed by atoms with E-state index >= 15 is 0 Å². The zero-order valence-electron chi connectivity index (χ0n) is 11.8. The zero-order chi connectivity index (χ0) is 14.8. The second-order valence-corrected chi connectivity index (χ2v) is 5.05. The van der Waals surface area contributed by atoms with Gasteiger partial charge in [-0.05, 0) is 38.3 Å². The average molecular weight is 287 g/mol. The third-order valence-corrected chi connectivity index (χ3v) is 3.24. The van der Waals surface area contributed by atoms with Crippen molar-refractivity contribution in [3.05, 3.63) is 17.7 Å². The Balaban J connectivity index is 2.36. The summed E-state index contributed by atoms with van der Waals surface area (Å²) in [6.07, 6.45) is -1.38. The maximum atomic E-state index is 13.0. The first-order chi connectivity index (χ1) is 9.45. The van der Waals surface area contributed by atoms with Crippen LogP contribution >= 0.6 is 0 Å². The van der Waals surface area contributed by atoms with Gasteiger partial charge in [-0.25, -0.2) is 4.98 Å². The number of rotatable bonds is 6. The maximum absolute atomic E-state index is 13.0. The lowest BCUT2D eigenvalue weighted by Gasteiger charge is -2.24. The molecule has 1 fully saturated rings. The molecule has 1 heterocycles. The van der Waals surface area contributed by atoms with Gasteiger partial charge in [-0.3, -0.25) is 0 Å². The van der Waals surface area contributed by atoms with E-state index in [1.54, 1.807) is 0 Å². The second kappa shape index (κ2) is 5.89. The molecule has 1 aliphatic rings. The maximum Gasteiger partial charge on any atom is 0.416 e. The van der Waals surface area contributed by atoms with Crippen molar-refractivity contribution in [2.75, 3.05) is 23.3 Å². The van der Waals surface area contributed by atoms with Gasteiger partial charge in [0.25, 0.3) is 0 Å². The molecule has 0 radical (unpaired) electrons. The van der Waals surface area contributed by atoms with Crippen LogP contribution in [0.4, 0.5) is 24.8 Å². The van der Waals surface area contributed by atoms with Crippen LogP contribution in [0.5, 0.6) is 0 Å². The molecular weight excluding hydrogens is 267 g/mol. The third-order valence-electron chi connectivity index (χ3n) is 3.24. The summed E-state index contributed by atoms with van der Waals surface area (Å²) >= 11 is 0. The summed E-state index contributed by atoms with van der Waals surface area (Å²) in [4.78, 5) is 6.33. The summed E-state index contributed by atoms with van der Waals surface area (Å²) in [6, 6.07) is 2.58. The highest BCUT2D eigenvalue weighted by atomic mass is 19.4. The van der Waals surface area contributed by atoms with Gasteiger partial charge < -0.3 is 10.2 Å². The van der Waals surface area contributed by atoms with Crippen LogP contribution < -0.4 is 10.2 Å². The second-order valence-electron chi connectivity index (χ2n) is 5.05. The van der Waals surface area contributed by atoms with Crippen LogP contribution in [0.25, 0.3) is 0 Å². The molecule has 0 unspecified atom stereocenters. The van der Waals surface area contributed by atoms with E-state index in [0.29, 0.717) is 24.2 Å². The van der Waals surface area contributed by atoms with Gasteiger partial charge in [-0.15, -0.1) is 0 Å². The van der Waals surface area contributed by atoms with E-state index in [4.69, 9.17) is 0 Å². The van der Waals surface area contributed by atoms with Gasteiger partial charge in [0.2, 0.25) is 0 Å². The molecule has 0 saturated heterocycles. The van der Waals surface area contributed by atoms with Crippen molar-refractivity contribution in [3.63, 3.8) is 0 Å². The Hall–Kier alpha value is -1.46. The highest BCUT2D eigenvalue weighted by Gasteiger charge is 2.34. The van der Waals surface area contributed by atoms with Crippen molar-refractivity contribution in [1.29, 1.82) is 0 Å².